The van der Waals surface area contributed by atoms with Crippen LogP contribution in [0, 0.1) is 6.92 Å². The summed E-state index contributed by atoms with van der Waals surface area (Å²) in [6.07, 6.45) is 1.32. The van der Waals surface area contributed by atoms with Gasteiger partial charge in [0.1, 0.15) is 0 Å². The van der Waals surface area contributed by atoms with Crippen molar-refractivity contribution in [2.24, 2.45) is 0 Å². The van der Waals surface area contributed by atoms with Crippen LogP contribution >= 0.6 is 0 Å². The Kier molecular flexibility index (Phi) is 3.37. The number of hydrogen-bond acceptors (Lipinski definition) is 2. The van der Waals surface area contributed by atoms with Crippen LogP contribution in [-0.2, 0) is 6.54 Å². The molecular weight excluding hydrogens is 224 g/mol. The number of rotatable bonds is 4. The molecule has 0 aliphatic rings. The molecule has 0 unspecified atom stereocenters. The van der Waals surface area contributed by atoms with Crippen molar-refractivity contribution in [3.63, 3.8) is 0 Å². The average molecular weight is 237 g/mol. The predicted molar refractivity (Wildman–Crippen MR) is 62.0 cm³/mol. The summed E-state index contributed by atoms with van der Waals surface area (Å²) in [5.41, 5.74) is 2.30. The molecule has 1 N–H and O–H groups in total. The molecule has 2 rings (SSSR count). The summed E-state index contributed by atoms with van der Waals surface area (Å²) in [6, 6.07) is 9.75. The topological polar surface area (TPSA) is 29.9 Å². The zero-order valence-electron chi connectivity index (χ0n) is 9.40. The van der Waals surface area contributed by atoms with Crippen LogP contribution in [0.25, 0.3) is 0 Å². The normalized spacial score (nSPS) is 10.8. The molecule has 1 heterocycles. The van der Waals surface area contributed by atoms with E-state index in [1.54, 1.807) is 6.92 Å². The van der Waals surface area contributed by atoms with Gasteiger partial charge in [-0.15, -0.1) is 0 Å². The fraction of sp³-hybridized carbons (Fsp3) is 0.250. The Labute approximate surface area is 98.1 Å². The SMILES string of the molecule is Cc1nn(C(F)F)cc1NCc1ccccc1. The minimum absolute atomic E-state index is 0.571. The Balaban J connectivity index is 2.04. The second kappa shape index (κ2) is 4.95. The third-order valence-corrected chi connectivity index (χ3v) is 2.44. The van der Waals surface area contributed by atoms with Gasteiger partial charge in [0.25, 0.3) is 0 Å². The Hall–Kier alpha value is -1.91. The van der Waals surface area contributed by atoms with Gasteiger partial charge in [0, 0.05) is 6.54 Å². The van der Waals surface area contributed by atoms with Gasteiger partial charge in [-0.25, -0.2) is 4.68 Å². The summed E-state index contributed by atoms with van der Waals surface area (Å²) in [4.78, 5) is 0. The highest BCUT2D eigenvalue weighted by atomic mass is 19.3. The van der Waals surface area contributed by atoms with Gasteiger partial charge < -0.3 is 5.32 Å². The van der Waals surface area contributed by atoms with Gasteiger partial charge in [-0.3, -0.25) is 0 Å². The fourth-order valence-electron chi connectivity index (χ4n) is 1.55. The van der Waals surface area contributed by atoms with Crippen molar-refractivity contribution in [3.05, 3.63) is 47.8 Å². The third kappa shape index (κ3) is 2.81. The van der Waals surface area contributed by atoms with Crippen LogP contribution in [-0.4, -0.2) is 9.78 Å². The van der Waals surface area contributed by atoms with Crippen LogP contribution < -0.4 is 5.32 Å². The summed E-state index contributed by atoms with van der Waals surface area (Å²) in [7, 11) is 0. The molecule has 0 spiro atoms. The molecule has 2 aromatic rings. The van der Waals surface area contributed by atoms with Crippen LogP contribution in [0.15, 0.2) is 36.5 Å². The largest absolute Gasteiger partial charge is 0.378 e. The molecule has 17 heavy (non-hydrogen) atoms. The molecule has 0 radical (unpaired) electrons. The molecule has 0 amide bonds. The Morgan fingerprint density at radius 2 is 2.00 bits per heavy atom. The number of nitrogens with zero attached hydrogens (tertiary/aromatic N) is 2. The fourth-order valence-corrected chi connectivity index (χ4v) is 1.55. The van der Waals surface area contributed by atoms with Crippen LogP contribution in [0.1, 0.15) is 17.8 Å². The molecule has 1 aromatic heterocycles. The van der Waals surface area contributed by atoms with Crippen LogP contribution in [0.5, 0.6) is 0 Å². The zero-order valence-corrected chi connectivity index (χ0v) is 9.40. The average Bonchev–Trinajstić information content (AvgIpc) is 2.70. The highest BCUT2D eigenvalue weighted by Gasteiger charge is 2.10. The van der Waals surface area contributed by atoms with Crippen LogP contribution in [0.4, 0.5) is 14.5 Å². The number of halogens is 2. The van der Waals surface area contributed by atoms with Crippen LogP contribution in [0.2, 0.25) is 0 Å². The van der Waals surface area contributed by atoms with E-state index >= 15 is 0 Å². The molecule has 1 aromatic carbocycles. The quantitative estimate of drug-likeness (QED) is 0.885. The van der Waals surface area contributed by atoms with Crippen molar-refractivity contribution in [2.45, 2.75) is 20.0 Å². The maximum absolute atomic E-state index is 12.4. The number of aromatic nitrogens is 2. The summed E-state index contributed by atoms with van der Waals surface area (Å²) >= 11 is 0. The smallest absolute Gasteiger partial charge is 0.333 e. The Bertz CT molecular complexity index is 480. The molecule has 3 nitrogen and oxygen atoms in total. The maximum atomic E-state index is 12.4. The number of aryl methyl sites for hydroxylation is 1. The zero-order chi connectivity index (χ0) is 12.3. The summed E-state index contributed by atoms with van der Waals surface area (Å²) in [5.74, 6) is 0. The van der Waals surface area contributed by atoms with Gasteiger partial charge in [-0.05, 0) is 12.5 Å². The maximum Gasteiger partial charge on any atom is 0.333 e. The molecule has 90 valence electrons. The first-order valence-corrected chi connectivity index (χ1v) is 5.28. The second-order valence-corrected chi connectivity index (χ2v) is 3.73. The minimum Gasteiger partial charge on any atom is -0.378 e. The third-order valence-electron chi connectivity index (χ3n) is 2.44. The van der Waals surface area contributed by atoms with Gasteiger partial charge in [-0.1, -0.05) is 30.3 Å². The number of benzene rings is 1. The molecule has 0 bridgehead atoms. The molecule has 0 saturated heterocycles. The standard InChI is InChI=1S/C12H13F2N3/c1-9-11(8-17(16-9)12(13)14)15-7-10-5-3-2-4-6-10/h2-6,8,12,15H,7H2,1H3. The number of hydrogen-bond donors (Lipinski definition) is 1. The highest BCUT2D eigenvalue weighted by Crippen LogP contribution is 2.18. The van der Waals surface area contributed by atoms with Crippen molar-refractivity contribution in [3.8, 4) is 0 Å². The second-order valence-electron chi connectivity index (χ2n) is 3.73. The van der Waals surface area contributed by atoms with E-state index in [0.29, 0.717) is 22.6 Å². The van der Waals surface area contributed by atoms with Crippen molar-refractivity contribution in [1.29, 1.82) is 0 Å². The Morgan fingerprint density at radius 3 is 2.59 bits per heavy atom. The van der Waals surface area contributed by atoms with E-state index in [9.17, 15) is 8.78 Å². The number of anilines is 1. The predicted octanol–water partition coefficient (Wildman–Crippen LogP) is 3.20. The van der Waals surface area contributed by atoms with Gasteiger partial charge in [-0.2, -0.15) is 13.9 Å². The number of nitrogens with one attached hydrogen (secondary N) is 1. The van der Waals surface area contributed by atoms with E-state index in [1.165, 1.54) is 6.20 Å². The first-order chi connectivity index (χ1) is 8.16. The van der Waals surface area contributed by atoms with Crippen molar-refractivity contribution in [2.75, 3.05) is 5.32 Å². The van der Waals surface area contributed by atoms with Crippen molar-refractivity contribution < 1.29 is 8.78 Å². The van der Waals surface area contributed by atoms with E-state index in [-0.39, 0.29) is 0 Å². The first-order valence-electron chi connectivity index (χ1n) is 5.28. The van der Waals surface area contributed by atoms with Gasteiger partial charge in [0.15, 0.2) is 0 Å². The van der Waals surface area contributed by atoms with Gasteiger partial charge >= 0.3 is 6.55 Å². The van der Waals surface area contributed by atoms with Gasteiger partial charge in [0.05, 0.1) is 17.6 Å². The number of alkyl halides is 2. The summed E-state index contributed by atoms with van der Waals surface area (Å²) in [6.45, 7) is -0.302. The molecule has 0 saturated carbocycles. The van der Waals surface area contributed by atoms with Crippen molar-refractivity contribution >= 4 is 5.69 Å². The van der Waals surface area contributed by atoms with E-state index < -0.39 is 6.55 Å². The van der Waals surface area contributed by atoms with E-state index in [1.807, 2.05) is 30.3 Å². The summed E-state index contributed by atoms with van der Waals surface area (Å²) in [5, 5.41) is 6.81. The van der Waals surface area contributed by atoms with Gasteiger partial charge in [0.2, 0.25) is 0 Å². The lowest BCUT2D eigenvalue weighted by molar-refractivity contribution is 0.0563. The Morgan fingerprint density at radius 1 is 1.29 bits per heavy atom. The molecule has 0 atom stereocenters. The van der Waals surface area contributed by atoms with Crippen LogP contribution in [0.3, 0.4) is 0 Å². The van der Waals surface area contributed by atoms with E-state index in [2.05, 4.69) is 10.4 Å². The molecule has 5 heteroatoms. The molecule has 0 fully saturated rings. The first kappa shape index (κ1) is 11.6. The minimum atomic E-state index is -2.60. The molecule has 0 aliphatic heterocycles. The highest BCUT2D eigenvalue weighted by molar-refractivity contribution is 5.46. The monoisotopic (exact) mass is 237 g/mol. The lowest BCUT2D eigenvalue weighted by atomic mass is 10.2. The van der Waals surface area contributed by atoms with E-state index in [0.717, 1.165) is 5.56 Å². The lowest BCUT2D eigenvalue weighted by Gasteiger charge is -2.04. The van der Waals surface area contributed by atoms with Crippen molar-refractivity contribution in [1.82, 2.24) is 9.78 Å². The molecular formula is C12H13F2N3. The lowest BCUT2D eigenvalue weighted by Crippen LogP contribution is -1.99. The molecule has 0 aliphatic carbocycles. The summed E-state index contributed by atoms with van der Waals surface area (Å²) < 4.78 is 25.4. The van der Waals surface area contributed by atoms with E-state index in [4.69, 9.17) is 0 Å².